The number of alkyl halides is 2. The minimum Gasteiger partial charge on any atom is -0.396 e. The monoisotopic (exact) mass is 196 g/mol. The van der Waals surface area contributed by atoms with Crippen molar-refractivity contribution in [3.63, 3.8) is 0 Å². The Balaban J connectivity index is 2.41. The van der Waals surface area contributed by atoms with Gasteiger partial charge in [0.1, 0.15) is 0 Å². The maximum absolute atomic E-state index is 13.1. The van der Waals surface area contributed by atoms with Crippen LogP contribution in [0.5, 0.6) is 0 Å². The van der Waals surface area contributed by atoms with Crippen LogP contribution in [0, 0.1) is 5.92 Å². The zero-order chi connectivity index (χ0) is 9.03. The average Bonchev–Trinajstić information content (AvgIpc) is 2.06. The number of rotatable bonds is 3. The second-order valence-electron chi connectivity index (χ2n) is 3.15. The van der Waals surface area contributed by atoms with Crippen molar-refractivity contribution >= 4 is 11.8 Å². The predicted octanol–water partition coefficient (Wildman–Crippen LogP) is 2.15. The molecule has 0 saturated carbocycles. The molecule has 12 heavy (non-hydrogen) atoms. The zero-order valence-electron chi connectivity index (χ0n) is 6.93. The van der Waals surface area contributed by atoms with Gasteiger partial charge in [0, 0.05) is 24.7 Å². The smallest absolute Gasteiger partial charge is 0.253 e. The number of halogens is 2. The van der Waals surface area contributed by atoms with Crippen LogP contribution in [0.4, 0.5) is 8.78 Å². The van der Waals surface area contributed by atoms with Gasteiger partial charge in [-0.2, -0.15) is 11.8 Å². The number of hydrogen-bond acceptors (Lipinski definition) is 2. The zero-order valence-corrected chi connectivity index (χ0v) is 7.75. The largest absolute Gasteiger partial charge is 0.396 e. The van der Waals surface area contributed by atoms with Crippen LogP contribution in [0.1, 0.15) is 19.3 Å². The van der Waals surface area contributed by atoms with E-state index in [1.807, 2.05) is 0 Å². The molecule has 1 nitrogen and oxygen atoms in total. The Labute approximate surface area is 75.5 Å². The van der Waals surface area contributed by atoms with E-state index in [4.69, 9.17) is 5.11 Å². The lowest BCUT2D eigenvalue weighted by atomic mass is 9.95. The molecule has 0 radical (unpaired) electrons. The Hall–Kier alpha value is 0.170. The quantitative estimate of drug-likeness (QED) is 0.746. The Morgan fingerprint density at radius 2 is 2.25 bits per heavy atom. The van der Waals surface area contributed by atoms with Gasteiger partial charge in [-0.1, -0.05) is 0 Å². The molecule has 1 N–H and O–H groups in total. The molecule has 1 fully saturated rings. The summed E-state index contributed by atoms with van der Waals surface area (Å²) in [6.45, 7) is -0.409. The van der Waals surface area contributed by atoms with Crippen LogP contribution in [0.3, 0.4) is 0 Å². The van der Waals surface area contributed by atoms with Gasteiger partial charge in [-0.15, -0.1) is 0 Å². The van der Waals surface area contributed by atoms with E-state index in [2.05, 4.69) is 0 Å². The molecule has 0 aromatic rings. The molecule has 4 heteroatoms. The lowest BCUT2D eigenvalue weighted by Gasteiger charge is -2.29. The van der Waals surface area contributed by atoms with E-state index in [0.717, 1.165) is 12.2 Å². The lowest BCUT2D eigenvalue weighted by Crippen LogP contribution is -2.33. The second kappa shape index (κ2) is 4.42. The molecule has 1 aliphatic rings. The Kier molecular flexibility index (Phi) is 3.77. The van der Waals surface area contributed by atoms with E-state index in [1.54, 1.807) is 11.8 Å². The molecule has 0 aliphatic carbocycles. The molecule has 1 saturated heterocycles. The minimum absolute atomic E-state index is 0.377. The van der Waals surface area contributed by atoms with Gasteiger partial charge >= 0.3 is 0 Å². The summed E-state index contributed by atoms with van der Waals surface area (Å²) in [6, 6.07) is 0. The van der Waals surface area contributed by atoms with Gasteiger partial charge in [-0.05, 0) is 18.6 Å². The van der Waals surface area contributed by atoms with E-state index in [1.165, 1.54) is 0 Å². The van der Waals surface area contributed by atoms with Crippen LogP contribution >= 0.6 is 11.8 Å². The summed E-state index contributed by atoms with van der Waals surface area (Å²) in [5.41, 5.74) is 0. The maximum atomic E-state index is 13.1. The van der Waals surface area contributed by atoms with Crippen LogP contribution in [0.25, 0.3) is 0 Å². The third kappa shape index (κ3) is 2.59. The third-order valence-electron chi connectivity index (χ3n) is 2.20. The van der Waals surface area contributed by atoms with E-state index >= 15 is 0 Å². The van der Waals surface area contributed by atoms with Crippen LogP contribution in [0.2, 0.25) is 0 Å². The minimum atomic E-state index is -2.65. The molecule has 1 atom stereocenters. The fourth-order valence-electron chi connectivity index (χ4n) is 1.43. The number of aliphatic hydroxyl groups excluding tert-OH is 1. The number of thioether (sulfide) groups is 1. The first-order valence-corrected chi connectivity index (χ1v) is 5.38. The molecule has 0 bridgehead atoms. The summed E-state index contributed by atoms with van der Waals surface area (Å²) < 4.78 is 26.3. The van der Waals surface area contributed by atoms with Crippen LogP contribution in [0.15, 0.2) is 0 Å². The lowest BCUT2D eigenvalue weighted by molar-refractivity contribution is -0.0702. The molecular weight excluding hydrogens is 182 g/mol. The molecule has 1 heterocycles. The summed E-state index contributed by atoms with van der Waals surface area (Å²) in [4.78, 5) is 0. The number of hydrogen-bond donors (Lipinski definition) is 1. The van der Waals surface area contributed by atoms with Crippen molar-refractivity contribution in [2.75, 3.05) is 18.1 Å². The van der Waals surface area contributed by atoms with Crippen molar-refractivity contribution in [2.45, 2.75) is 25.2 Å². The SMILES string of the molecule is OCCC(F)(F)C1CCCSC1. The van der Waals surface area contributed by atoms with Gasteiger partial charge in [0.15, 0.2) is 0 Å². The Morgan fingerprint density at radius 3 is 2.75 bits per heavy atom. The van der Waals surface area contributed by atoms with E-state index in [0.29, 0.717) is 12.2 Å². The topological polar surface area (TPSA) is 20.2 Å². The van der Waals surface area contributed by atoms with Crippen LogP contribution in [-0.2, 0) is 0 Å². The van der Waals surface area contributed by atoms with E-state index in [9.17, 15) is 8.78 Å². The van der Waals surface area contributed by atoms with Crippen LogP contribution < -0.4 is 0 Å². The summed E-state index contributed by atoms with van der Waals surface area (Å²) in [5.74, 6) is -1.61. The van der Waals surface area contributed by atoms with Crippen molar-refractivity contribution in [2.24, 2.45) is 5.92 Å². The van der Waals surface area contributed by atoms with Gasteiger partial charge in [-0.3, -0.25) is 0 Å². The highest BCUT2D eigenvalue weighted by Gasteiger charge is 2.39. The standard InChI is InChI=1S/C8H14F2OS/c9-8(10,3-4-11)7-2-1-5-12-6-7/h7,11H,1-6H2. The van der Waals surface area contributed by atoms with Crippen molar-refractivity contribution in [3.05, 3.63) is 0 Å². The van der Waals surface area contributed by atoms with Crippen molar-refractivity contribution < 1.29 is 13.9 Å². The van der Waals surface area contributed by atoms with Crippen molar-refractivity contribution in [1.82, 2.24) is 0 Å². The fraction of sp³-hybridized carbons (Fsp3) is 1.00. The van der Waals surface area contributed by atoms with Gasteiger partial charge in [0.05, 0.1) is 0 Å². The molecule has 0 aromatic heterocycles. The second-order valence-corrected chi connectivity index (χ2v) is 4.30. The Morgan fingerprint density at radius 1 is 1.50 bits per heavy atom. The Bertz CT molecular complexity index is 135. The van der Waals surface area contributed by atoms with Gasteiger partial charge in [0.25, 0.3) is 5.92 Å². The first kappa shape index (κ1) is 10.3. The summed E-state index contributed by atoms with van der Waals surface area (Å²) in [7, 11) is 0. The van der Waals surface area contributed by atoms with E-state index in [-0.39, 0.29) is 6.42 Å². The molecular formula is C8H14F2OS. The van der Waals surface area contributed by atoms with Crippen LogP contribution in [-0.4, -0.2) is 29.1 Å². The first-order chi connectivity index (χ1) is 5.67. The maximum Gasteiger partial charge on any atom is 0.253 e. The highest BCUT2D eigenvalue weighted by molar-refractivity contribution is 7.99. The molecule has 0 spiro atoms. The van der Waals surface area contributed by atoms with E-state index < -0.39 is 18.4 Å². The fourth-order valence-corrected chi connectivity index (χ4v) is 2.66. The molecule has 0 aromatic carbocycles. The summed E-state index contributed by atoms with van der Waals surface area (Å²) >= 11 is 1.59. The van der Waals surface area contributed by atoms with Crippen molar-refractivity contribution in [3.8, 4) is 0 Å². The molecule has 1 rings (SSSR count). The highest BCUT2D eigenvalue weighted by atomic mass is 32.2. The molecule has 72 valence electrons. The van der Waals surface area contributed by atoms with Gasteiger partial charge in [0.2, 0.25) is 0 Å². The highest BCUT2D eigenvalue weighted by Crippen LogP contribution is 2.37. The van der Waals surface area contributed by atoms with Gasteiger partial charge < -0.3 is 5.11 Å². The normalized spacial score (nSPS) is 25.8. The van der Waals surface area contributed by atoms with Crippen molar-refractivity contribution in [1.29, 1.82) is 0 Å². The first-order valence-electron chi connectivity index (χ1n) is 4.23. The molecule has 1 unspecified atom stereocenters. The summed E-state index contributed by atoms with van der Waals surface area (Å²) in [6.07, 6.45) is 1.12. The molecule has 1 aliphatic heterocycles. The average molecular weight is 196 g/mol. The molecule has 0 amide bonds. The third-order valence-corrected chi connectivity index (χ3v) is 3.42. The predicted molar refractivity (Wildman–Crippen MR) is 46.7 cm³/mol. The summed E-state index contributed by atoms with van der Waals surface area (Å²) in [5, 5.41) is 8.45. The number of aliphatic hydroxyl groups is 1. The van der Waals surface area contributed by atoms with Gasteiger partial charge in [-0.25, -0.2) is 8.78 Å².